The summed E-state index contributed by atoms with van der Waals surface area (Å²) in [4.78, 5) is 13.6. The predicted molar refractivity (Wildman–Crippen MR) is 89.6 cm³/mol. The number of ether oxygens (including phenoxy) is 2. The lowest BCUT2D eigenvalue weighted by Gasteiger charge is -2.11. The molecule has 0 saturated carbocycles. The molecule has 0 radical (unpaired) electrons. The zero-order chi connectivity index (χ0) is 16.2. The Labute approximate surface area is 133 Å². The molecule has 1 N–H and O–H groups in total. The minimum atomic E-state index is -0.443. The van der Waals surface area contributed by atoms with Crippen LogP contribution in [0.4, 0.5) is 10.5 Å². The molecule has 124 valence electrons. The van der Waals surface area contributed by atoms with Crippen molar-refractivity contribution in [1.82, 2.24) is 4.90 Å². The van der Waals surface area contributed by atoms with Crippen LogP contribution in [0.25, 0.3) is 0 Å². The van der Waals surface area contributed by atoms with Gasteiger partial charge in [-0.2, -0.15) is 0 Å². The summed E-state index contributed by atoms with van der Waals surface area (Å²) in [6.07, 6.45) is 4.26. The Balaban J connectivity index is 2.32. The summed E-state index contributed by atoms with van der Waals surface area (Å²) in [7, 11) is 3.87. The number of hydrogen-bond acceptors (Lipinski definition) is 4. The minimum Gasteiger partial charge on any atom is -0.494 e. The van der Waals surface area contributed by atoms with Gasteiger partial charge in [0.05, 0.1) is 6.61 Å². The van der Waals surface area contributed by atoms with Crippen LogP contribution in [0.1, 0.15) is 32.6 Å². The molecule has 0 aliphatic rings. The average Bonchev–Trinajstić information content (AvgIpc) is 2.47. The highest BCUT2D eigenvalue weighted by atomic mass is 16.5. The third-order valence-corrected chi connectivity index (χ3v) is 3.12. The summed E-state index contributed by atoms with van der Waals surface area (Å²) in [5, 5.41) is 2.71. The van der Waals surface area contributed by atoms with Gasteiger partial charge in [0.2, 0.25) is 0 Å². The van der Waals surface area contributed by atoms with Crippen molar-refractivity contribution >= 4 is 11.8 Å². The molecule has 0 unspecified atom stereocenters. The summed E-state index contributed by atoms with van der Waals surface area (Å²) in [6, 6.07) is 7.38. The van der Waals surface area contributed by atoms with Gasteiger partial charge in [-0.1, -0.05) is 32.3 Å². The minimum absolute atomic E-state index is 0.368. The fraction of sp³-hybridized carbons (Fsp3) is 0.588. The van der Waals surface area contributed by atoms with Gasteiger partial charge in [-0.3, -0.25) is 5.32 Å². The van der Waals surface area contributed by atoms with Gasteiger partial charge in [-0.15, -0.1) is 0 Å². The Morgan fingerprint density at radius 2 is 2.00 bits per heavy atom. The van der Waals surface area contributed by atoms with E-state index in [1.165, 1.54) is 19.3 Å². The molecule has 0 fully saturated rings. The molecule has 0 spiro atoms. The molecule has 1 aromatic rings. The second kappa shape index (κ2) is 10.9. The summed E-state index contributed by atoms with van der Waals surface area (Å²) in [5.74, 6) is 0.766. The van der Waals surface area contributed by atoms with E-state index in [2.05, 4.69) is 12.2 Å². The zero-order valence-corrected chi connectivity index (χ0v) is 13.9. The Morgan fingerprint density at radius 1 is 1.18 bits per heavy atom. The van der Waals surface area contributed by atoms with Gasteiger partial charge in [-0.05, 0) is 32.6 Å². The molecule has 5 nitrogen and oxygen atoms in total. The first kappa shape index (κ1) is 18.3. The van der Waals surface area contributed by atoms with Crippen LogP contribution in [-0.4, -0.2) is 44.8 Å². The van der Waals surface area contributed by atoms with E-state index < -0.39 is 6.09 Å². The van der Waals surface area contributed by atoms with Gasteiger partial charge in [0, 0.05) is 18.3 Å². The van der Waals surface area contributed by atoms with Crippen molar-refractivity contribution in [2.75, 3.05) is 39.2 Å². The maximum absolute atomic E-state index is 11.6. The highest BCUT2D eigenvalue weighted by molar-refractivity contribution is 5.84. The first-order valence-electron chi connectivity index (χ1n) is 7.93. The zero-order valence-electron chi connectivity index (χ0n) is 13.9. The summed E-state index contributed by atoms with van der Waals surface area (Å²) in [6.45, 7) is 3.96. The first-order chi connectivity index (χ1) is 10.6. The number of nitrogens with zero attached hydrogens (tertiary/aromatic N) is 1. The Kier molecular flexibility index (Phi) is 9.07. The fourth-order valence-corrected chi connectivity index (χ4v) is 1.86. The number of anilines is 1. The summed E-state index contributed by atoms with van der Waals surface area (Å²) >= 11 is 0. The highest BCUT2D eigenvalue weighted by Gasteiger charge is 2.04. The van der Waals surface area contributed by atoms with E-state index in [0.29, 0.717) is 25.4 Å². The van der Waals surface area contributed by atoms with Crippen molar-refractivity contribution in [2.45, 2.75) is 32.6 Å². The van der Waals surface area contributed by atoms with Gasteiger partial charge >= 0.3 is 6.09 Å². The van der Waals surface area contributed by atoms with Gasteiger partial charge in [0.15, 0.2) is 0 Å². The van der Waals surface area contributed by atoms with E-state index in [0.717, 1.165) is 12.2 Å². The van der Waals surface area contributed by atoms with Crippen LogP contribution in [0.3, 0.4) is 0 Å². The second-order valence-electron chi connectivity index (χ2n) is 5.50. The lowest BCUT2D eigenvalue weighted by atomic mass is 10.2. The molecule has 22 heavy (non-hydrogen) atoms. The van der Waals surface area contributed by atoms with E-state index in [1.807, 2.05) is 43.3 Å². The molecule has 0 aliphatic heterocycles. The monoisotopic (exact) mass is 308 g/mol. The third kappa shape index (κ3) is 8.52. The van der Waals surface area contributed by atoms with Crippen LogP contribution in [0.15, 0.2) is 24.3 Å². The number of carbonyl (C=O) groups is 1. The normalized spacial score (nSPS) is 10.5. The van der Waals surface area contributed by atoms with Crippen LogP contribution in [-0.2, 0) is 4.74 Å². The smallest absolute Gasteiger partial charge is 0.411 e. The number of rotatable bonds is 10. The maximum atomic E-state index is 11.6. The quantitative estimate of drug-likeness (QED) is 0.669. The van der Waals surface area contributed by atoms with Crippen LogP contribution in [0.2, 0.25) is 0 Å². The fourth-order valence-electron chi connectivity index (χ4n) is 1.86. The molecule has 5 heteroatoms. The number of benzene rings is 1. The molecule has 1 amide bonds. The van der Waals surface area contributed by atoms with Gasteiger partial charge in [-0.25, -0.2) is 4.79 Å². The van der Waals surface area contributed by atoms with Gasteiger partial charge in [0.1, 0.15) is 12.4 Å². The van der Waals surface area contributed by atoms with Gasteiger partial charge < -0.3 is 14.4 Å². The molecule has 0 bridgehead atoms. The summed E-state index contributed by atoms with van der Waals surface area (Å²) in [5.41, 5.74) is 0.681. The van der Waals surface area contributed by atoms with E-state index in [-0.39, 0.29) is 0 Å². The molecule has 0 saturated heterocycles. The lowest BCUT2D eigenvalue weighted by molar-refractivity contribution is 0.151. The lowest BCUT2D eigenvalue weighted by Crippen LogP contribution is -2.22. The topological polar surface area (TPSA) is 50.8 Å². The maximum Gasteiger partial charge on any atom is 0.411 e. The van der Waals surface area contributed by atoms with Crippen molar-refractivity contribution in [3.8, 4) is 5.75 Å². The van der Waals surface area contributed by atoms with Crippen LogP contribution >= 0.6 is 0 Å². The van der Waals surface area contributed by atoms with E-state index in [1.54, 1.807) is 0 Å². The third-order valence-electron chi connectivity index (χ3n) is 3.12. The van der Waals surface area contributed by atoms with Crippen molar-refractivity contribution in [2.24, 2.45) is 0 Å². The summed E-state index contributed by atoms with van der Waals surface area (Å²) < 4.78 is 10.8. The largest absolute Gasteiger partial charge is 0.494 e. The molecule has 0 aromatic heterocycles. The molecular formula is C17H28N2O3. The van der Waals surface area contributed by atoms with E-state index >= 15 is 0 Å². The SMILES string of the molecule is CCCCCCOc1cccc(NC(=O)OCCN(C)C)c1. The number of unbranched alkanes of at least 4 members (excludes halogenated alkanes) is 3. The van der Waals surface area contributed by atoms with Crippen LogP contribution < -0.4 is 10.1 Å². The average molecular weight is 308 g/mol. The number of amides is 1. The molecule has 1 aromatic carbocycles. The number of carbonyl (C=O) groups excluding carboxylic acids is 1. The van der Waals surface area contributed by atoms with Crippen molar-refractivity contribution in [1.29, 1.82) is 0 Å². The number of likely N-dealkylation sites (N-methyl/N-ethyl adjacent to an activating group) is 1. The molecular weight excluding hydrogens is 280 g/mol. The first-order valence-corrected chi connectivity index (χ1v) is 7.93. The van der Waals surface area contributed by atoms with Crippen molar-refractivity contribution in [3.63, 3.8) is 0 Å². The standard InChI is InChI=1S/C17H28N2O3/c1-4-5-6-7-12-21-16-10-8-9-15(14-16)18-17(20)22-13-11-19(2)3/h8-10,14H,4-7,11-13H2,1-3H3,(H,18,20). The Bertz CT molecular complexity index is 436. The van der Waals surface area contributed by atoms with Crippen molar-refractivity contribution in [3.05, 3.63) is 24.3 Å². The highest BCUT2D eigenvalue weighted by Crippen LogP contribution is 2.18. The molecule has 1 rings (SSSR count). The van der Waals surface area contributed by atoms with E-state index in [4.69, 9.17) is 9.47 Å². The van der Waals surface area contributed by atoms with Crippen LogP contribution in [0, 0.1) is 0 Å². The molecule has 0 aliphatic carbocycles. The number of nitrogens with one attached hydrogen (secondary N) is 1. The molecule has 0 atom stereocenters. The van der Waals surface area contributed by atoms with Gasteiger partial charge in [0.25, 0.3) is 0 Å². The Morgan fingerprint density at radius 3 is 2.73 bits per heavy atom. The Hall–Kier alpha value is -1.75. The van der Waals surface area contributed by atoms with Crippen molar-refractivity contribution < 1.29 is 14.3 Å². The van der Waals surface area contributed by atoms with E-state index in [9.17, 15) is 4.79 Å². The predicted octanol–water partition coefficient (Wildman–Crippen LogP) is 3.76. The number of hydrogen-bond donors (Lipinski definition) is 1. The molecule has 0 heterocycles. The second-order valence-corrected chi connectivity index (χ2v) is 5.50. The van der Waals surface area contributed by atoms with Crippen LogP contribution in [0.5, 0.6) is 5.75 Å².